The highest BCUT2D eigenvalue weighted by molar-refractivity contribution is 5.89. The molecule has 0 saturated carbocycles. The Kier molecular flexibility index (Phi) is 2.87. The summed E-state index contributed by atoms with van der Waals surface area (Å²) in [6.45, 7) is 0.958. The van der Waals surface area contributed by atoms with Crippen LogP contribution in [0.3, 0.4) is 0 Å². The first kappa shape index (κ1) is 11.6. The topological polar surface area (TPSA) is 45.2 Å². The summed E-state index contributed by atoms with van der Waals surface area (Å²) < 4.78 is 13.5. The molecule has 2 aromatic rings. The summed E-state index contributed by atoms with van der Waals surface area (Å²) in [5.41, 5.74) is 2.12. The van der Waals surface area contributed by atoms with Crippen molar-refractivity contribution >= 4 is 11.7 Å². The zero-order valence-corrected chi connectivity index (χ0v) is 10.1. The number of amides is 2. The predicted octanol–water partition coefficient (Wildman–Crippen LogP) is 2.77. The van der Waals surface area contributed by atoms with Gasteiger partial charge in [0.15, 0.2) is 0 Å². The fourth-order valence-corrected chi connectivity index (χ4v) is 2.10. The number of aromatic nitrogens is 1. The molecule has 0 saturated heterocycles. The number of urea groups is 1. The number of hydrogen-bond acceptors (Lipinski definition) is 2. The third kappa shape index (κ3) is 2.27. The monoisotopic (exact) mass is 257 g/mol. The van der Waals surface area contributed by atoms with Gasteiger partial charge >= 0.3 is 6.03 Å². The van der Waals surface area contributed by atoms with E-state index < -0.39 is 5.82 Å². The number of benzene rings is 1. The summed E-state index contributed by atoms with van der Waals surface area (Å²) >= 11 is 0. The van der Waals surface area contributed by atoms with Crippen molar-refractivity contribution in [1.82, 2.24) is 9.88 Å². The maximum Gasteiger partial charge on any atom is 0.322 e. The molecule has 5 heteroatoms. The Labute approximate surface area is 109 Å². The Morgan fingerprint density at radius 2 is 2.05 bits per heavy atom. The van der Waals surface area contributed by atoms with Crippen molar-refractivity contribution in [3.05, 3.63) is 59.7 Å². The van der Waals surface area contributed by atoms with E-state index in [4.69, 9.17) is 0 Å². The van der Waals surface area contributed by atoms with Crippen LogP contribution < -0.4 is 5.32 Å². The van der Waals surface area contributed by atoms with Crippen LogP contribution in [0.1, 0.15) is 11.3 Å². The van der Waals surface area contributed by atoms with Crippen LogP contribution in [0.4, 0.5) is 14.9 Å². The first-order valence-electron chi connectivity index (χ1n) is 5.97. The quantitative estimate of drug-likeness (QED) is 0.853. The maximum atomic E-state index is 13.5. The standard InChI is InChI=1S/C14H12FN3O/c15-11-5-1-2-6-12(11)17-14(19)18-8-10-4-3-7-16-13(10)9-18/h1-7H,8-9H2,(H,17,19). The SMILES string of the molecule is O=C(Nc1ccccc1F)N1Cc2cccnc2C1. The van der Waals surface area contributed by atoms with Crippen molar-refractivity contribution in [3.63, 3.8) is 0 Å². The number of carbonyl (C=O) groups excluding carboxylic acids is 1. The normalized spacial score (nSPS) is 13.2. The van der Waals surface area contributed by atoms with E-state index in [-0.39, 0.29) is 11.7 Å². The molecule has 2 amide bonds. The molecule has 2 heterocycles. The van der Waals surface area contributed by atoms with Gasteiger partial charge in [-0.15, -0.1) is 0 Å². The van der Waals surface area contributed by atoms with E-state index in [1.54, 1.807) is 23.2 Å². The predicted molar refractivity (Wildman–Crippen MR) is 68.9 cm³/mol. The number of fused-ring (bicyclic) bond motifs is 1. The molecule has 0 bridgehead atoms. The summed E-state index contributed by atoms with van der Waals surface area (Å²) in [6, 6.07) is 9.59. The van der Waals surface area contributed by atoms with E-state index in [0.717, 1.165) is 11.3 Å². The number of para-hydroxylation sites is 1. The number of pyridine rings is 1. The van der Waals surface area contributed by atoms with Crippen LogP contribution in [0, 0.1) is 5.82 Å². The fraction of sp³-hybridized carbons (Fsp3) is 0.143. The fourth-order valence-electron chi connectivity index (χ4n) is 2.10. The van der Waals surface area contributed by atoms with Crippen molar-refractivity contribution in [2.75, 3.05) is 5.32 Å². The maximum absolute atomic E-state index is 13.5. The smallest absolute Gasteiger partial charge is 0.314 e. The Morgan fingerprint density at radius 1 is 1.21 bits per heavy atom. The molecule has 0 aliphatic carbocycles. The van der Waals surface area contributed by atoms with Crippen LogP contribution in [0.5, 0.6) is 0 Å². The molecule has 1 N–H and O–H groups in total. The third-order valence-electron chi connectivity index (χ3n) is 3.09. The largest absolute Gasteiger partial charge is 0.322 e. The number of nitrogens with one attached hydrogen (secondary N) is 1. The second-order valence-electron chi connectivity index (χ2n) is 4.38. The Balaban J connectivity index is 1.72. The van der Waals surface area contributed by atoms with Crippen molar-refractivity contribution in [1.29, 1.82) is 0 Å². The molecule has 0 fully saturated rings. The van der Waals surface area contributed by atoms with E-state index in [1.165, 1.54) is 12.1 Å². The van der Waals surface area contributed by atoms with Crippen molar-refractivity contribution in [2.24, 2.45) is 0 Å². The number of hydrogen-bond donors (Lipinski definition) is 1. The van der Waals surface area contributed by atoms with Gasteiger partial charge < -0.3 is 10.2 Å². The number of halogens is 1. The van der Waals surface area contributed by atoms with Gasteiger partial charge in [-0.25, -0.2) is 9.18 Å². The first-order chi connectivity index (χ1) is 9.24. The van der Waals surface area contributed by atoms with E-state index in [1.807, 2.05) is 12.1 Å². The molecule has 1 aliphatic heterocycles. The molecule has 0 atom stereocenters. The molecular weight excluding hydrogens is 245 g/mol. The van der Waals surface area contributed by atoms with Gasteiger partial charge in [-0.1, -0.05) is 18.2 Å². The summed E-state index contributed by atoms with van der Waals surface area (Å²) in [6.07, 6.45) is 1.71. The highest BCUT2D eigenvalue weighted by atomic mass is 19.1. The highest BCUT2D eigenvalue weighted by Gasteiger charge is 2.24. The molecule has 0 unspecified atom stereocenters. The Hall–Kier alpha value is -2.43. The minimum Gasteiger partial charge on any atom is -0.314 e. The van der Waals surface area contributed by atoms with Gasteiger partial charge in [-0.3, -0.25) is 4.98 Å². The lowest BCUT2D eigenvalue weighted by molar-refractivity contribution is 0.212. The van der Waals surface area contributed by atoms with Crippen LogP contribution >= 0.6 is 0 Å². The van der Waals surface area contributed by atoms with Crippen molar-refractivity contribution < 1.29 is 9.18 Å². The molecular formula is C14H12FN3O. The molecule has 1 aromatic heterocycles. The van der Waals surface area contributed by atoms with Crippen molar-refractivity contribution in [3.8, 4) is 0 Å². The van der Waals surface area contributed by atoms with Gasteiger partial charge in [0.05, 0.1) is 17.9 Å². The molecule has 1 aliphatic rings. The van der Waals surface area contributed by atoms with Gasteiger partial charge in [0.2, 0.25) is 0 Å². The molecule has 19 heavy (non-hydrogen) atoms. The molecule has 0 spiro atoms. The molecule has 96 valence electrons. The highest BCUT2D eigenvalue weighted by Crippen LogP contribution is 2.21. The lowest BCUT2D eigenvalue weighted by Crippen LogP contribution is -2.30. The van der Waals surface area contributed by atoms with Gasteiger partial charge in [-0.2, -0.15) is 0 Å². The minimum atomic E-state index is -0.439. The van der Waals surface area contributed by atoms with E-state index in [9.17, 15) is 9.18 Å². The second kappa shape index (κ2) is 4.68. The third-order valence-corrected chi connectivity index (χ3v) is 3.09. The van der Waals surface area contributed by atoms with Gasteiger partial charge in [0, 0.05) is 12.7 Å². The first-order valence-corrected chi connectivity index (χ1v) is 5.97. The summed E-state index contributed by atoms with van der Waals surface area (Å²) in [7, 11) is 0. The Morgan fingerprint density at radius 3 is 2.84 bits per heavy atom. The molecule has 4 nitrogen and oxygen atoms in total. The van der Waals surface area contributed by atoms with Gasteiger partial charge in [0.1, 0.15) is 5.82 Å². The van der Waals surface area contributed by atoms with E-state index in [0.29, 0.717) is 13.1 Å². The second-order valence-corrected chi connectivity index (χ2v) is 4.38. The zero-order chi connectivity index (χ0) is 13.2. The van der Waals surface area contributed by atoms with Crippen LogP contribution in [0.15, 0.2) is 42.6 Å². The average Bonchev–Trinajstić information content (AvgIpc) is 2.85. The molecule has 3 rings (SSSR count). The summed E-state index contributed by atoms with van der Waals surface area (Å²) in [5.74, 6) is -0.439. The van der Waals surface area contributed by atoms with E-state index in [2.05, 4.69) is 10.3 Å². The average molecular weight is 257 g/mol. The summed E-state index contributed by atoms with van der Waals surface area (Å²) in [5, 5.41) is 2.57. The van der Waals surface area contributed by atoms with Crippen LogP contribution in [0.2, 0.25) is 0 Å². The lowest BCUT2D eigenvalue weighted by atomic mass is 10.2. The number of anilines is 1. The number of rotatable bonds is 1. The summed E-state index contributed by atoms with van der Waals surface area (Å²) in [4.78, 5) is 17.9. The Bertz CT molecular complexity index is 605. The zero-order valence-electron chi connectivity index (χ0n) is 10.1. The van der Waals surface area contributed by atoms with Crippen LogP contribution in [-0.2, 0) is 13.1 Å². The van der Waals surface area contributed by atoms with E-state index >= 15 is 0 Å². The minimum absolute atomic E-state index is 0.191. The molecule has 0 radical (unpaired) electrons. The van der Waals surface area contributed by atoms with Crippen LogP contribution in [-0.4, -0.2) is 15.9 Å². The van der Waals surface area contributed by atoms with Crippen LogP contribution in [0.25, 0.3) is 0 Å². The van der Waals surface area contributed by atoms with Crippen molar-refractivity contribution in [2.45, 2.75) is 13.1 Å². The molecule has 1 aromatic carbocycles. The number of nitrogens with zero attached hydrogens (tertiary/aromatic N) is 2. The lowest BCUT2D eigenvalue weighted by Gasteiger charge is -2.16. The van der Waals surface area contributed by atoms with Gasteiger partial charge in [-0.05, 0) is 23.8 Å². The number of carbonyl (C=O) groups is 1. The van der Waals surface area contributed by atoms with Gasteiger partial charge in [0.25, 0.3) is 0 Å².